The van der Waals surface area contributed by atoms with E-state index in [0.717, 1.165) is 19.3 Å². The first-order valence-corrected chi connectivity index (χ1v) is 9.91. The lowest BCUT2D eigenvalue weighted by Gasteiger charge is -2.28. The number of carbonyl (C=O) groups is 1. The molecule has 0 aliphatic heterocycles. The summed E-state index contributed by atoms with van der Waals surface area (Å²) in [6.45, 7) is 3.72. The Hall–Kier alpha value is -2.40. The average molecular weight is 366 g/mol. The summed E-state index contributed by atoms with van der Waals surface area (Å²) in [7, 11) is 0. The van der Waals surface area contributed by atoms with Gasteiger partial charge in [-0.05, 0) is 67.3 Å². The Labute approximate surface area is 157 Å². The van der Waals surface area contributed by atoms with Gasteiger partial charge in [-0.3, -0.25) is 0 Å². The van der Waals surface area contributed by atoms with Crippen LogP contribution in [0.4, 0.5) is 0 Å². The molecule has 26 heavy (non-hydrogen) atoms. The minimum absolute atomic E-state index is 0.133. The standard InChI is InChI=1S/C21H22N2O2S/c1-14(2)25-21(24)19-12-22-13-23(19)18-6-3-5-15-11-16(8-9-17(15)18)20-7-4-10-26-20/h4,7-14,18H,3,5-6H2,1-2H3. The average Bonchev–Trinajstić information content (AvgIpc) is 3.32. The van der Waals surface area contributed by atoms with E-state index in [2.05, 4.69) is 40.7 Å². The molecule has 1 aliphatic carbocycles. The van der Waals surface area contributed by atoms with Crippen molar-refractivity contribution >= 4 is 17.3 Å². The number of ether oxygens (including phenoxy) is 1. The van der Waals surface area contributed by atoms with Crippen LogP contribution in [-0.2, 0) is 11.2 Å². The van der Waals surface area contributed by atoms with Gasteiger partial charge in [0.1, 0.15) is 5.69 Å². The second-order valence-electron chi connectivity index (χ2n) is 6.94. The van der Waals surface area contributed by atoms with Gasteiger partial charge in [-0.1, -0.05) is 18.2 Å². The van der Waals surface area contributed by atoms with Crippen molar-refractivity contribution < 1.29 is 9.53 Å². The lowest BCUT2D eigenvalue weighted by molar-refractivity contribution is 0.0363. The fourth-order valence-corrected chi connectivity index (χ4v) is 4.38. The molecule has 2 aromatic heterocycles. The largest absolute Gasteiger partial charge is 0.458 e. The second kappa shape index (κ2) is 7.08. The van der Waals surface area contributed by atoms with Crippen LogP contribution in [0.3, 0.4) is 0 Å². The van der Waals surface area contributed by atoms with Gasteiger partial charge in [0.05, 0.1) is 24.7 Å². The van der Waals surface area contributed by atoms with Gasteiger partial charge in [-0.25, -0.2) is 9.78 Å². The third-order valence-corrected chi connectivity index (χ3v) is 5.70. The van der Waals surface area contributed by atoms with Gasteiger partial charge in [0.15, 0.2) is 0 Å². The molecule has 0 saturated heterocycles. The molecule has 0 amide bonds. The predicted octanol–water partition coefficient (Wildman–Crippen LogP) is 5.10. The molecule has 0 N–H and O–H groups in total. The van der Waals surface area contributed by atoms with Crippen LogP contribution in [-0.4, -0.2) is 21.6 Å². The number of aromatic nitrogens is 2. The summed E-state index contributed by atoms with van der Waals surface area (Å²) in [6, 6.07) is 11.1. The van der Waals surface area contributed by atoms with Crippen molar-refractivity contribution in [1.29, 1.82) is 0 Å². The molecule has 4 rings (SSSR count). The number of imidazole rings is 1. The van der Waals surface area contributed by atoms with Crippen LogP contribution < -0.4 is 0 Å². The van der Waals surface area contributed by atoms with Gasteiger partial charge in [-0.2, -0.15) is 0 Å². The van der Waals surface area contributed by atoms with Crippen molar-refractivity contribution in [2.24, 2.45) is 0 Å². The normalized spacial score (nSPS) is 16.5. The van der Waals surface area contributed by atoms with Gasteiger partial charge in [-0.15, -0.1) is 11.3 Å². The van der Waals surface area contributed by atoms with Crippen molar-refractivity contribution in [3.63, 3.8) is 0 Å². The highest BCUT2D eigenvalue weighted by atomic mass is 32.1. The minimum atomic E-state index is -0.306. The van der Waals surface area contributed by atoms with E-state index in [0.29, 0.717) is 5.69 Å². The highest BCUT2D eigenvalue weighted by Gasteiger charge is 2.26. The number of carbonyl (C=O) groups excluding carboxylic acids is 1. The molecule has 0 spiro atoms. The zero-order valence-corrected chi connectivity index (χ0v) is 15.8. The highest BCUT2D eigenvalue weighted by molar-refractivity contribution is 7.13. The van der Waals surface area contributed by atoms with Crippen LogP contribution in [0.5, 0.6) is 0 Å². The summed E-state index contributed by atoms with van der Waals surface area (Å²) in [5, 5.41) is 2.11. The van der Waals surface area contributed by atoms with E-state index in [1.54, 1.807) is 23.9 Å². The number of aryl methyl sites for hydroxylation is 1. The Balaban J connectivity index is 1.69. The number of benzene rings is 1. The number of thiophene rings is 1. The molecule has 0 saturated carbocycles. The molecule has 1 unspecified atom stereocenters. The maximum atomic E-state index is 12.4. The Kier molecular flexibility index (Phi) is 4.64. The third-order valence-electron chi connectivity index (χ3n) is 4.79. The number of fused-ring (bicyclic) bond motifs is 1. The minimum Gasteiger partial charge on any atom is -0.458 e. The molecule has 2 heterocycles. The summed E-state index contributed by atoms with van der Waals surface area (Å²) in [5.74, 6) is -0.306. The summed E-state index contributed by atoms with van der Waals surface area (Å²) >= 11 is 1.76. The smallest absolute Gasteiger partial charge is 0.356 e. The van der Waals surface area contributed by atoms with Crippen molar-refractivity contribution in [3.8, 4) is 10.4 Å². The molecule has 4 nitrogen and oxygen atoms in total. The van der Waals surface area contributed by atoms with E-state index in [1.165, 1.54) is 21.6 Å². The first kappa shape index (κ1) is 17.0. The van der Waals surface area contributed by atoms with Gasteiger partial charge in [0.2, 0.25) is 0 Å². The molecular formula is C21H22N2O2S. The Morgan fingerprint density at radius 3 is 3.00 bits per heavy atom. The predicted molar refractivity (Wildman–Crippen MR) is 104 cm³/mol. The van der Waals surface area contributed by atoms with Crippen LogP contribution in [0.25, 0.3) is 10.4 Å². The third kappa shape index (κ3) is 3.19. The molecule has 5 heteroatoms. The Morgan fingerprint density at radius 1 is 1.35 bits per heavy atom. The molecular weight excluding hydrogens is 344 g/mol. The summed E-state index contributed by atoms with van der Waals surface area (Å²) in [4.78, 5) is 17.9. The zero-order chi connectivity index (χ0) is 18.1. The first-order chi connectivity index (χ1) is 12.6. The van der Waals surface area contributed by atoms with E-state index in [1.807, 2.05) is 18.4 Å². The van der Waals surface area contributed by atoms with Crippen LogP contribution in [0, 0.1) is 0 Å². The fourth-order valence-electron chi connectivity index (χ4n) is 3.66. The number of hydrogen-bond donors (Lipinski definition) is 0. The Bertz CT molecular complexity index is 912. The molecule has 0 bridgehead atoms. The lowest BCUT2D eigenvalue weighted by Crippen LogP contribution is -2.22. The molecule has 134 valence electrons. The number of esters is 1. The summed E-state index contributed by atoms with van der Waals surface area (Å²) in [6.07, 6.45) is 6.40. The van der Waals surface area contributed by atoms with Crippen LogP contribution in [0.15, 0.2) is 48.2 Å². The van der Waals surface area contributed by atoms with Crippen LogP contribution in [0.2, 0.25) is 0 Å². The maximum Gasteiger partial charge on any atom is 0.356 e. The first-order valence-electron chi connectivity index (χ1n) is 9.03. The molecule has 0 fully saturated rings. The molecule has 1 atom stereocenters. The van der Waals surface area contributed by atoms with E-state index < -0.39 is 0 Å². The van der Waals surface area contributed by atoms with Crippen LogP contribution in [0.1, 0.15) is 54.3 Å². The van der Waals surface area contributed by atoms with Crippen LogP contribution >= 0.6 is 11.3 Å². The topological polar surface area (TPSA) is 44.1 Å². The second-order valence-corrected chi connectivity index (χ2v) is 7.89. The lowest BCUT2D eigenvalue weighted by atomic mass is 9.86. The molecule has 1 aliphatic rings. The fraction of sp³-hybridized carbons (Fsp3) is 0.333. The highest BCUT2D eigenvalue weighted by Crippen LogP contribution is 2.36. The van der Waals surface area contributed by atoms with Gasteiger partial charge in [0, 0.05) is 4.88 Å². The van der Waals surface area contributed by atoms with Crippen molar-refractivity contribution in [2.75, 3.05) is 0 Å². The number of rotatable bonds is 4. The summed E-state index contributed by atoms with van der Waals surface area (Å²) < 4.78 is 7.36. The Morgan fingerprint density at radius 2 is 2.23 bits per heavy atom. The van der Waals surface area contributed by atoms with Gasteiger partial charge in [0.25, 0.3) is 0 Å². The van der Waals surface area contributed by atoms with Crippen molar-refractivity contribution in [3.05, 3.63) is 65.1 Å². The van der Waals surface area contributed by atoms with E-state index in [-0.39, 0.29) is 18.1 Å². The van der Waals surface area contributed by atoms with Crippen molar-refractivity contribution in [2.45, 2.75) is 45.3 Å². The van der Waals surface area contributed by atoms with E-state index in [4.69, 9.17) is 4.74 Å². The SMILES string of the molecule is CC(C)OC(=O)c1cncn1C1CCCc2cc(-c3cccs3)ccc21. The van der Waals surface area contributed by atoms with Gasteiger partial charge < -0.3 is 9.30 Å². The number of hydrogen-bond acceptors (Lipinski definition) is 4. The molecule has 0 radical (unpaired) electrons. The molecule has 1 aromatic carbocycles. The molecule has 3 aromatic rings. The van der Waals surface area contributed by atoms with Gasteiger partial charge >= 0.3 is 5.97 Å². The van der Waals surface area contributed by atoms with E-state index >= 15 is 0 Å². The quantitative estimate of drug-likeness (QED) is 0.603. The maximum absolute atomic E-state index is 12.4. The summed E-state index contributed by atoms with van der Waals surface area (Å²) in [5.41, 5.74) is 4.44. The van der Waals surface area contributed by atoms with E-state index in [9.17, 15) is 4.79 Å². The van der Waals surface area contributed by atoms with Crippen molar-refractivity contribution in [1.82, 2.24) is 9.55 Å². The number of nitrogens with zero attached hydrogens (tertiary/aromatic N) is 2. The monoisotopic (exact) mass is 366 g/mol. The zero-order valence-electron chi connectivity index (χ0n) is 15.0.